The van der Waals surface area contributed by atoms with E-state index in [1.807, 2.05) is 26.8 Å². The largest absolute Gasteiger partial charge is 0.356 e. The van der Waals surface area contributed by atoms with Crippen molar-refractivity contribution in [3.8, 4) is 0 Å². The van der Waals surface area contributed by atoms with Crippen LogP contribution >= 0.6 is 35.6 Å². The van der Waals surface area contributed by atoms with Gasteiger partial charge < -0.3 is 16.0 Å². The molecule has 1 rings (SSSR count). The summed E-state index contributed by atoms with van der Waals surface area (Å²) in [5.41, 5.74) is 0.591. The fourth-order valence-electron chi connectivity index (χ4n) is 1.88. The van der Waals surface area contributed by atoms with Crippen LogP contribution in [0.2, 0.25) is 5.15 Å². The smallest absolute Gasteiger partial charge is 0.227 e. The van der Waals surface area contributed by atoms with E-state index in [2.05, 4.69) is 25.9 Å². The molecule has 0 radical (unpaired) electrons. The van der Waals surface area contributed by atoms with Crippen molar-refractivity contribution in [2.24, 2.45) is 10.4 Å². The quantitative estimate of drug-likeness (QED) is 0.249. The molecule has 0 saturated heterocycles. The van der Waals surface area contributed by atoms with E-state index >= 15 is 0 Å². The Balaban J connectivity index is 0.00000529. The van der Waals surface area contributed by atoms with Gasteiger partial charge in [-0.1, -0.05) is 17.7 Å². The monoisotopic (exact) mass is 467 g/mol. The van der Waals surface area contributed by atoms with E-state index in [0.717, 1.165) is 12.0 Å². The minimum Gasteiger partial charge on any atom is -0.356 e. The number of hydrogen-bond acceptors (Lipinski definition) is 3. The molecule has 0 spiro atoms. The Morgan fingerprint density at radius 2 is 2.00 bits per heavy atom. The van der Waals surface area contributed by atoms with E-state index in [9.17, 15) is 4.79 Å². The highest BCUT2D eigenvalue weighted by molar-refractivity contribution is 14.0. The van der Waals surface area contributed by atoms with E-state index < -0.39 is 5.41 Å². The molecular formula is C16H27ClIN5O. The highest BCUT2D eigenvalue weighted by atomic mass is 127. The second kappa shape index (κ2) is 11.5. The number of halogens is 2. The standard InChI is InChI=1S/C16H26ClN5O.HI/c1-5-19-14(23)16(2,3)11-22-15(18-4)20-9-8-12-6-7-13(17)21-10-12;/h6-7,10H,5,8-9,11H2,1-4H3,(H,19,23)(H2,18,20,22);1H. The van der Waals surface area contributed by atoms with Gasteiger partial charge in [-0.25, -0.2) is 4.98 Å². The molecule has 1 heterocycles. The third-order valence-corrected chi connectivity index (χ3v) is 3.59. The Morgan fingerprint density at radius 3 is 2.54 bits per heavy atom. The molecule has 0 bridgehead atoms. The number of rotatable bonds is 7. The number of aliphatic imine (C=N–C) groups is 1. The normalized spacial score (nSPS) is 11.5. The third-order valence-electron chi connectivity index (χ3n) is 3.37. The summed E-state index contributed by atoms with van der Waals surface area (Å²) < 4.78 is 0. The lowest BCUT2D eigenvalue weighted by molar-refractivity contribution is -0.128. The van der Waals surface area contributed by atoms with Gasteiger partial charge in [0.1, 0.15) is 5.15 Å². The molecule has 0 aliphatic carbocycles. The van der Waals surface area contributed by atoms with E-state index in [-0.39, 0.29) is 29.9 Å². The molecule has 1 aromatic heterocycles. The number of guanidine groups is 1. The number of pyridine rings is 1. The summed E-state index contributed by atoms with van der Waals surface area (Å²) in [7, 11) is 1.71. The zero-order chi connectivity index (χ0) is 17.3. The maximum Gasteiger partial charge on any atom is 0.227 e. The molecule has 0 unspecified atom stereocenters. The van der Waals surface area contributed by atoms with Crippen LogP contribution in [0, 0.1) is 5.41 Å². The van der Waals surface area contributed by atoms with Crippen LogP contribution in [0.3, 0.4) is 0 Å². The molecule has 0 saturated carbocycles. The summed E-state index contributed by atoms with van der Waals surface area (Å²) in [6.07, 6.45) is 2.57. The first-order chi connectivity index (χ1) is 10.9. The van der Waals surface area contributed by atoms with Gasteiger partial charge in [0.2, 0.25) is 5.91 Å². The molecule has 1 aromatic rings. The van der Waals surface area contributed by atoms with Crippen LogP contribution in [-0.2, 0) is 11.2 Å². The predicted molar refractivity (Wildman–Crippen MR) is 110 cm³/mol. The molecular weight excluding hydrogens is 441 g/mol. The van der Waals surface area contributed by atoms with Crippen LogP contribution in [0.15, 0.2) is 23.3 Å². The first-order valence-corrected chi connectivity index (χ1v) is 8.10. The first kappa shape index (κ1) is 22.9. The number of carbonyl (C=O) groups excluding carboxylic acids is 1. The Morgan fingerprint density at radius 1 is 1.29 bits per heavy atom. The lowest BCUT2D eigenvalue weighted by Gasteiger charge is -2.24. The van der Waals surface area contributed by atoms with Crippen LogP contribution in [0.4, 0.5) is 0 Å². The number of hydrogen-bond donors (Lipinski definition) is 3. The minimum absolute atomic E-state index is 0. The lowest BCUT2D eigenvalue weighted by Crippen LogP contribution is -2.48. The van der Waals surface area contributed by atoms with Crippen molar-refractivity contribution in [2.75, 3.05) is 26.7 Å². The number of carbonyl (C=O) groups is 1. The minimum atomic E-state index is -0.506. The molecule has 1 amide bonds. The summed E-state index contributed by atoms with van der Waals surface area (Å²) in [5.74, 6) is 0.694. The van der Waals surface area contributed by atoms with Crippen LogP contribution in [-0.4, -0.2) is 43.5 Å². The third kappa shape index (κ3) is 8.14. The fraction of sp³-hybridized carbons (Fsp3) is 0.562. The van der Waals surface area contributed by atoms with E-state index in [1.54, 1.807) is 19.3 Å². The Labute approximate surface area is 166 Å². The predicted octanol–water partition coefficient (Wildman–Crippen LogP) is 2.22. The molecule has 24 heavy (non-hydrogen) atoms. The van der Waals surface area contributed by atoms with Crippen molar-refractivity contribution in [1.82, 2.24) is 20.9 Å². The SMILES string of the molecule is CCNC(=O)C(C)(C)CNC(=NC)NCCc1ccc(Cl)nc1.I. The van der Waals surface area contributed by atoms with Crippen molar-refractivity contribution >= 4 is 47.4 Å². The summed E-state index contributed by atoms with van der Waals surface area (Å²) in [5, 5.41) is 9.74. The van der Waals surface area contributed by atoms with Gasteiger partial charge in [0.25, 0.3) is 0 Å². The summed E-state index contributed by atoms with van der Waals surface area (Å²) >= 11 is 5.76. The van der Waals surface area contributed by atoms with Crippen molar-refractivity contribution < 1.29 is 4.79 Å². The number of nitrogens with one attached hydrogen (secondary N) is 3. The van der Waals surface area contributed by atoms with Crippen molar-refractivity contribution in [1.29, 1.82) is 0 Å². The molecule has 0 fully saturated rings. The maximum atomic E-state index is 12.0. The first-order valence-electron chi connectivity index (χ1n) is 7.72. The van der Waals surface area contributed by atoms with E-state index in [4.69, 9.17) is 11.6 Å². The Kier molecular flexibility index (Phi) is 10.9. The molecule has 0 atom stereocenters. The highest BCUT2D eigenvalue weighted by Gasteiger charge is 2.27. The van der Waals surface area contributed by atoms with Crippen molar-refractivity contribution in [3.05, 3.63) is 29.0 Å². The molecule has 0 aliphatic heterocycles. The summed E-state index contributed by atoms with van der Waals surface area (Å²) in [6, 6.07) is 3.73. The topological polar surface area (TPSA) is 78.4 Å². The molecule has 6 nitrogen and oxygen atoms in total. The average molecular weight is 468 g/mol. The zero-order valence-electron chi connectivity index (χ0n) is 14.6. The van der Waals surface area contributed by atoms with Gasteiger partial charge in [-0.3, -0.25) is 9.79 Å². The molecule has 3 N–H and O–H groups in total. The highest BCUT2D eigenvalue weighted by Crippen LogP contribution is 2.13. The molecule has 8 heteroatoms. The summed E-state index contributed by atoms with van der Waals surface area (Å²) in [6.45, 7) is 7.55. The van der Waals surface area contributed by atoms with Crippen LogP contribution in [0.1, 0.15) is 26.3 Å². The number of aromatic nitrogens is 1. The van der Waals surface area contributed by atoms with Crippen LogP contribution < -0.4 is 16.0 Å². The van der Waals surface area contributed by atoms with Gasteiger partial charge in [0, 0.05) is 32.9 Å². The van der Waals surface area contributed by atoms with Gasteiger partial charge in [0.05, 0.1) is 5.41 Å². The zero-order valence-corrected chi connectivity index (χ0v) is 17.7. The summed E-state index contributed by atoms with van der Waals surface area (Å²) in [4.78, 5) is 20.2. The van der Waals surface area contributed by atoms with Crippen molar-refractivity contribution in [2.45, 2.75) is 27.2 Å². The second-order valence-corrected chi connectivity index (χ2v) is 6.22. The van der Waals surface area contributed by atoms with Crippen molar-refractivity contribution in [3.63, 3.8) is 0 Å². The van der Waals surface area contributed by atoms with Crippen LogP contribution in [0.25, 0.3) is 0 Å². The van der Waals surface area contributed by atoms with E-state index in [1.165, 1.54) is 0 Å². The van der Waals surface area contributed by atoms with Gasteiger partial charge in [-0.05, 0) is 38.8 Å². The van der Waals surface area contributed by atoms with Gasteiger partial charge in [0.15, 0.2) is 5.96 Å². The number of amides is 1. The average Bonchev–Trinajstić information content (AvgIpc) is 2.52. The molecule has 0 aliphatic rings. The second-order valence-electron chi connectivity index (χ2n) is 5.84. The van der Waals surface area contributed by atoms with Crippen LogP contribution in [0.5, 0.6) is 0 Å². The Bertz CT molecular complexity index is 534. The van der Waals surface area contributed by atoms with E-state index in [0.29, 0.717) is 30.7 Å². The molecule has 0 aromatic carbocycles. The van der Waals surface area contributed by atoms with Gasteiger partial charge in [-0.15, -0.1) is 24.0 Å². The van der Waals surface area contributed by atoms with Gasteiger partial charge >= 0.3 is 0 Å². The maximum absolute atomic E-state index is 12.0. The fourth-order valence-corrected chi connectivity index (χ4v) is 2.00. The molecule has 136 valence electrons. The van der Waals surface area contributed by atoms with Gasteiger partial charge in [-0.2, -0.15) is 0 Å². The number of nitrogens with zero attached hydrogens (tertiary/aromatic N) is 2. The lowest BCUT2D eigenvalue weighted by atomic mass is 9.92. The Hall–Kier alpha value is -1.09.